The van der Waals surface area contributed by atoms with Crippen LogP contribution < -0.4 is 20.7 Å². The molecule has 0 saturated carbocycles. The van der Waals surface area contributed by atoms with Gasteiger partial charge in [-0.2, -0.15) is 0 Å². The Hall–Kier alpha value is -4.86. The van der Waals surface area contributed by atoms with E-state index in [1.807, 2.05) is 90.7 Å². The van der Waals surface area contributed by atoms with Crippen molar-refractivity contribution in [1.82, 2.24) is 20.9 Å². The predicted molar refractivity (Wildman–Crippen MR) is 182 cm³/mol. The van der Waals surface area contributed by atoms with Crippen molar-refractivity contribution < 1.29 is 28.7 Å². The Morgan fingerprint density at radius 3 is 2.46 bits per heavy atom. The first-order chi connectivity index (χ1) is 23.3. The Morgan fingerprint density at radius 1 is 0.938 bits per heavy atom. The number of hydrogen-bond acceptors (Lipinski definition) is 6. The Kier molecular flexibility index (Phi) is 12.5. The Labute approximate surface area is 282 Å². The van der Waals surface area contributed by atoms with Gasteiger partial charge in [0.15, 0.2) is 0 Å². The molecular weight excluding hydrogens is 608 g/mol. The summed E-state index contributed by atoms with van der Waals surface area (Å²) < 4.78 is 11.5. The summed E-state index contributed by atoms with van der Waals surface area (Å²) in [6.07, 6.45) is 2.96. The highest BCUT2D eigenvalue weighted by Gasteiger charge is 2.30. The van der Waals surface area contributed by atoms with Crippen molar-refractivity contribution in [3.05, 3.63) is 101 Å². The lowest BCUT2D eigenvalue weighted by Crippen LogP contribution is -2.54. The van der Waals surface area contributed by atoms with Gasteiger partial charge in [-0.15, -0.1) is 0 Å². The van der Waals surface area contributed by atoms with E-state index in [2.05, 4.69) is 16.0 Å². The Bertz CT molecular complexity index is 1530. The number of rotatable bonds is 6. The zero-order valence-electron chi connectivity index (χ0n) is 27.6. The van der Waals surface area contributed by atoms with Crippen LogP contribution in [0.3, 0.4) is 0 Å². The first-order valence-corrected chi connectivity index (χ1v) is 16.9. The number of nitrogens with zero attached hydrogens (tertiary/aromatic N) is 1. The summed E-state index contributed by atoms with van der Waals surface area (Å²) in [6, 6.07) is 22.9. The Morgan fingerprint density at radius 2 is 1.69 bits per heavy atom. The first kappa shape index (κ1) is 34.5. The van der Waals surface area contributed by atoms with E-state index in [0.717, 1.165) is 47.3 Å². The van der Waals surface area contributed by atoms with Gasteiger partial charge in [-0.3, -0.25) is 14.4 Å². The third-order valence-corrected chi connectivity index (χ3v) is 9.11. The van der Waals surface area contributed by atoms with E-state index in [9.17, 15) is 19.2 Å². The third kappa shape index (κ3) is 10.3. The minimum Gasteiger partial charge on any atom is -0.494 e. The molecular formula is C38H46N4O6. The van der Waals surface area contributed by atoms with E-state index in [1.54, 1.807) is 0 Å². The SMILES string of the molecule is Cc1ccc2cc1CNC(=O)[C@H](CCc1ccccc1)NC(=O)[C@@H](NC(=O)OCc1ccccc1)CCC(=O)N1CCCC(CCO2)C1. The van der Waals surface area contributed by atoms with Crippen molar-refractivity contribution >= 4 is 23.8 Å². The van der Waals surface area contributed by atoms with Crippen LogP contribution in [0.5, 0.6) is 5.75 Å². The van der Waals surface area contributed by atoms with Crippen LogP contribution in [0.2, 0.25) is 0 Å². The number of amides is 4. The topological polar surface area (TPSA) is 126 Å². The molecule has 0 radical (unpaired) electrons. The van der Waals surface area contributed by atoms with Crippen molar-refractivity contribution in [2.45, 2.75) is 77.1 Å². The summed E-state index contributed by atoms with van der Waals surface area (Å²) in [5.41, 5.74) is 3.76. The molecule has 3 aromatic carbocycles. The fraction of sp³-hybridized carbons (Fsp3) is 0.421. The van der Waals surface area contributed by atoms with Gasteiger partial charge in [-0.1, -0.05) is 66.7 Å². The number of carbonyl (C=O) groups excluding carboxylic acids is 4. The zero-order valence-corrected chi connectivity index (χ0v) is 27.6. The van der Waals surface area contributed by atoms with E-state index >= 15 is 0 Å². The summed E-state index contributed by atoms with van der Waals surface area (Å²) >= 11 is 0. The lowest BCUT2D eigenvalue weighted by molar-refractivity contribution is -0.134. The average molecular weight is 655 g/mol. The molecule has 1 fully saturated rings. The molecule has 1 saturated heterocycles. The molecule has 3 N–H and O–H groups in total. The number of hydrogen-bond donors (Lipinski definition) is 3. The smallest absolute Gasteiger partial charge is 0.408 e. The van der Waals surface area contributed by atoms with Crippen LogP contribution >= 0.6 is 0 Å². The van der Waals surface area contributed by atoms with Gasteiger partial charge in [-0.05, 0) is 85.8 Å². The standard InChI is InChI=1S/C38H46N4O6/c1-27-14-16-32-23-31(27)24-39-36(44)33(17-15-28-9-4-2-5-10-28)40-37(45)34(41-38(46)48-26-30-11-6-3-7-12-30)18-19-35(43)42-21-8-13-29(25-42)20-22-47-32/h2-7,9-12,14,16,23,29,33-34H,8,13,15,17-22,24-26H2,1H3,(H,39,44)(H,40,45)(H,41,46)/t29?,33-,34-/m0/s1. The lowest BCUT2D eigenvalue weighted by atomic mass is 9.94. The van der Waals surface area contributed by atoms with Crippen molar-refractivity contribution in [2.24, 2.45) is 5.92 Å². The molecule has 10 nitrogen and oxygen atoms in total. The van der Waals surface area contributed by atoms with Crippen LogP contribution in [-0.4, -0.2) is 60.5 Å². The second-order valence-electron chi connectivity index (χ2n) is 12.7. The monoisotopic (exact) mass is 654 g/mol. The van der Waals surface area contributed by atoms with Gasteiger partial charge in [-0.25, -0.2) is 4.79 Å². The van der Waals surface area contributed by atoms with Gasteiger partial charge >= 0.3 is 6.09 Å². The highest BCUT2D eigenvalue weighted by atomic mass is 16.5. The van der Waals surface area contributed by atoms with Crippen molar-refractivity contribution in [3.8, 4) is 5.75 Å². The molecule has 0 aromatic heterocycles. The van der Waals surface area contributed by atoms with Crippen molar-refractivity contribution in [3.63, 3.8) is 0 Å². The lowest BCUT2D eigenvalue weighted by Gasteiger charge is -2.33. The zero-order chi connectivity index (χ0) is 33.7. The molecule has 1 unspecified atom stereocenters. The normalized spacial score (nSPS) is 21.0. The van der Waals surface area contributed by atoms with Crippen LogP contribution in [0.25, 0.3) is 0 Å². The summed E-state index contributed by atoms with van der Waals surface area (Å²) in [4.78, 5) is 55.7. The van der Waals surface area contributed by atoms with Crippen molar-refractivity contribution in [2.75, 3.05) is 19.7 Å². The van der Waals surface area contributed by atoms with E-state index < -0.39 is 24.1 Å². The van der Waals surface area contributed by atoms with Gasteiger partial charge in [0.25, 0.3) is 0 Å². The number of benzene rings is 3. The maximum Gasteiger partial charge on any atom is 0.408 e. The number of ether oxygens (including phenoxy) is 2. The van der Waals surface area contributed by atoms with Crippen LogP contribution in [-0.2, 0) is 38.7 Å². The molecule has 2 aliphatic rings. The molecule has 10 heteroatoms. The fourth-order valence-corrected chi connectivity index (χ4v) is 6.20. The molecule has 0 spiro atoms. The highest BCUT2D eigenvalue weighted by Crippen LogP contribution is 2.23. The van der Waals surface area contributed by atoms with Gasteiger partial charge < -0.3 is 30.3 Å². The van der Waals surface area contributed by atoms with Gasteiger partial charge in [0.1, 0.15) is 24.4 Å². The minimum atomic E-state index is -1.08. The summed E-state index contributed by atoms with van der Waals surface area (Å²) in [5.74, 6) is 0.0772. The quantitative estimate of drug-likeness (QED) is 0.350. The van der Waals surface area contributed by atoms with Crippen LogP contribution in [0.15, 0.2) is 78.9 Å². The maximum atomic E-state index is 13.8. The number of carbonyl (C=O) groups is 4. The number of aryl methyl sites for hydroxylation is 2. The molecule has 4 amide bonds. The summed E-state index contributed by atoms with van der Waals surface area (Å²) in [7, 11) is 0. The second kappa shape index (κ2) is 17.3. The molecule has 48 heavy (non-hydrogen) atoms. The number of piperidine rings is 1. The molecule has 3 aromatic rings. The fourth-order valence-electron chi connectivity index (χ4n) is 6.20. The number of fused-ring (bicyclic) bond motifs is 4. The third-order valence-electron chi connectivity index (χ3n) is 9.11. The molecule has 0 aliphatic carbocycles. The van der Waals surface area contributed by atoms with Gasteiger partial charge in [0.05, 0.1) is 6.61 Å². The van der Waals surface area contributed by atoms with E-state index in [-0.39, 0.29) is 37.8 Å². The van der Waals surface area contributed by atoms with E-state index in [4.69, 9.17) is 9.47 Å². The summed E-state index contributed by atoms with van der Waals surface area (Å²) in [6.45, 7) is 4.09. The molecule has 254 valence electrons. The predicted octanol–water partition coefficient (Wildman–Crippen LogP) is 4.83. The first-order valence-electron chi connectivity index (χ1n) is 16.9. The summed E-state index contributed by atoms with van der Waals surface area (Å²) in [5, 5.41) is 8.56. The van der Waals surface area contributed by atoms with E-state index in [1.165, 1.54) is 0 Å². The van der Waals surface area contributed by atoms with E-state index in [0.29, 0.717) is 38.5 Å². The van der Waals surface area contributed by atoms with Crippen LogP contribution in [0, 0.1) is 12.8 Å². The van der Waals surface area contributed by atoms with Crippen LogP contribution in [0.4, 0.5) is 4.79 Å². The van der Waals surface area contributed by atoms with Gasteiger partial charge in [0, 0.05) is 26.1 Å². The van der Waals surface area contributed by atoms with Crippen LogP contribution in [0.1, 0.15) is 60.8 Å². The molecule has 3 atom stereocenters. The molecule has 2 heterocycles. The second-order valence-corrected chi connectivity index (χ2v) is 12.7. The highest BCUT2D eigenvalue weighted by molar-refractivity contribution is 5.91. The number of nitrogens with one attached hydrogen (secondary N) is 3. The van der Waals surface area contributed by atoms with Gasteiger partial charge in [0.2, 0.25) is 17.7 Å². The maximum absolute atomic E-state index is 13.8. The Balaban J connectivity index is 1.36. The van der Waals surface area contributed by atoms with Crippen molar-refractivity contribution in [1.29, 1.82) is 0 Å². The minimum absolute atomic E-state index is 0.0293. The molecule has 2 aliphatic heterocycles. The molecule has 4 bridgehead atoms. The number of alkyl carbamates (subject to hydrolysis) is 1. The molecule has 5 rings (SSSR count). The average Bonchev–Trinajstić information content (AvgIpc) is 3.11. The largest absolute Gasteiger partial charge is 0.494 e.